The largest absolute Gasteiger partial charge is 0.205 e. The highest BCUT2D eigenvalue weighted by Crippen LogP contribution is 2.38. The van der Waals surface area contributed by atoms with E-state index in [0.717, 1.165) is 29.9 Å². The van der Waals surface area contributed by atoms with Gasteiger partial charge < -0.3 is 0 Å². The predicted molar refractivity (Wildman–Crippen MR) is 105 cm³/mol. The van der Waals surface area contributed by atoms with Gasteiger partial charge in [0.05, 0.1) is 5.02 Å². The second-order valence-electron chi connectivity index (χ2n) is 7.12. The average molecular weight is 361 g/mol. The van der Waals surface area contributed by atoms with E-state index in [-0.39, 0.29) is 20.4 Å². The Morgan fingerprint density at radius 2 is 1.58 bits per heavy atom. The van der Waals surface area contributed by atoms with Crippen molar-refractivity contribution in [2.45, 2.75) is 56.5 Å². The SMILES string of the molecule is C[SiH2]C1CCC(c2ccc(CCc3ccc(Cl)c(F)c3)cc2)CC1. The zero-order chi connectivity index (χ0) is 16.9. The van der Waals surface area contributed by atoms with Crippen LogP contribution in [0.3, 0.4) is 0 Å². The molecule has 1 fully saturated rings. The van der Waals surface area contributed by atoms with Crippen LogP contribution in [0.5, 0.6) is 0 Å². The first-order valence-electron chi connectivity index (χ1n) is 9.18. The molecule has 3 rings (SSSR count). The molecule has 0 spiro atoms. The van der Waals surface area contributed by atoms with Crippen molar-refractivity contribution in [3.05, 3.63) is 70.0 Å². The molecule has 0 N–H and O–H groups in total. The van der Waals surface area contributed by atoms with E-state index in [0.29, 0.717) is 0 Å². The predicted octanol–water partition coefficient (Wildman–Crippen LogP) is 5.93. The molecule has 2 aromatic rings. The summed E-state index contributed by atoms with van der Waals surface area (Å²) >= 11 is 5.73. The molecule has 0 radical (unpaired) electrons. The third-order valence-corrected chi connectivity index (χ3v) is 7.84. The molecule has 0 aliphatic heterocycles. The van der Waals surface area contributed by atoms with Gasteiger partial charge in [0.2, 0.25) is 0 Å². The van der Waals surface area contributed by atoms with Crippen LogP contribution in [0.15, 0.2) is 42.5 Å². The second kappa shape index (κ2) is 8.31. The zero-order valence-electron chi connectivity index (χ0n) is 14.4. The summed E-state index contributed by atoms with van der Waals surface area (Å²) in [7, 11) is 0.186. The van der Waals surface area contributed by atoms with Crippen molar-refractivity contribution in [2.24, 2.45) is 0 Å². The highest BCUT2D eigenvalue weighted by Gasteiger charge is 2.21. The number of hydrogen-bond donors (Lipinski definition) is 0. The van der Waals surface area contributed by atoms with E-state index in [9.17, 15) is 4.39 Å². The molecule has 24 heavy (non-hydrogen) atoms. The Kier molecular flexibility index (Phi) is 6.12. The molecule has 0 heterocycles. The van der Waals surface area contributed by atoms with Gasteiger partial charge in [-0.25, -0.2) is 4.39 Å². The smallest absolute Gasteiger partial charge is 0.142 e. The topological polar surface area (TPSA) is 0 Å². The minimum Gasteiger partial charge on any atom is -0.205 e. The van der Waals surface area contributed by atoms with Gasteiger partial charge in [-0.1, -0.05) is 66.9 Å². The number of halogens is 2. The molecule has 0 amide bonds. The Morgan fingerprint density at radius 1 is 0.958 bits per heavy atom. The lowest BCUT2D eigenvalue weighted by molar-refractivity contribution is 0.441. The fourth-order valence-electron chi connectivity index (χ4n) is 3.84. The lowest BCUT2D eigenvalue weighted by Crippen LogP contribution is -2.12. The van der Waals surface area contributed by atoms with Gasteiger partial charge in [0.15, 0.2) is 0 Å². The summed E-state index contributed by atoms with van der Waals surface area (Å²) in [6, 6.07) is 14.2. The van der Waals surface area contributed by atoms with E-state index in [2.05, 4.69) is 30.8 Å². The lowest BCUT2D eigenvalue weighted by Gasteiger charge is -2.28. The van der Waals surface area contributed by atoms with Crippen LogP contribution in [-0.4, -0.2) is 9.52 Å². The molecular formula is C21H26ClFSi. The molecule has 1 saturated carbocycles. The Balaban J connectivity index is 1.55. The summed E-state index contributed by atoms with van der Waals surface area (Å²) in [6.07, 6.45) is 7.41. The van der Waals surface area contributed by atoms with E-state index in [1.54, 1.807) is 12.1 Å². The highest BCUT2D eigenvalue weighted by atomic mass is 35.5. The van der Waals surface area contributed by atoms with Crippen molar-refractivity contribution in [3.8, 4) is 0 Å². The van der Waals surface area contributed by atoms with Crippen LogP contribution in [0, 0.1) is 5.82 Å². The van der Waals surface area contributed by atoms with Crippen molar-refractivity contribution >= 4 is 21.1 Å². The van der Waals surface area contributed by atoms with Crippen LogP contribution in [0.25, 0.3) is 0 Å². The van der Waals surface area contributed by atoms with Gasteiger partial charge in [-0.3, -0.25) is 0 Å². The Hall–Kier alpha value is -1.12. The molecule has 0 aromatic heterocycles. The molecule has 1 aliphatic rings. The molecular weight excluding hydrogens is 335 g/mol. The van der Waals surface area contributed by atoms with E-state index < -0.39 is 0 Å². The fourth-order valence-corrected chi connectivity index (χ4v) is 5.25. The first-order valence-corrected chi connectivity index (χ1v) is 11.8. The van der Waals surface area contributed by atoms with Crippen molar-refractivity contribution in [1.82, 2.24) is 0 Å². The number of aryl methyl sites for hydroxylation is 2. The van der Waals surface area contributed by atoms with Gasteiger partial charge in [0, 0.05) is 9.52 Å². The highest BCUT2D eigenvalue weighted by molar-refractivity contribution is 6.35. The Morgan fingerprint density at radius 3 is 2.21 bits per heavy atom. The standard InChI is InChI=1S/C21H26ClFSi/c1-24-19-11-9-18(10-12-19)17-7-4-15(5-8-17)2-3-16-6-13-20(22)21(23)14-16/h4-8,13-14,18-19H,2-3,9-12,24H2,1H3. The maximum atomic E-state index is 13.5. The van der Waals surface area contributed by atoms with E-state index in [1.807, 2.05) is 6.07 Å². The fraction of sp³-hybridized carbons (Fsp3) is 0.429. The molecule has 2 aromatic carbocycles. The summed E-state index contributed by atoms with van der Waals surface area (Å²) in [4.78, 5) is 0. The average Bonchev–Trinajstić information content (AvgIpc) is 2.63. The number of benzene rings is 2. The van der Waals surface area contributed by atoms with E-state index in [1.165, 1.54) is 36.8 Å². The van der Waals surface area contributed by atoms with Crippen molar-refractivity contribution in [3.63, 3.8) is 0 Å². The molecule has 0 atom stereocenters. The summed E-state index contributed by atoms with van der Waals surface area (Å²) in [6.45, 7) is 2.45. The molecule has 3 heteroatoms. The van der Waals surface area contributed by atoms with Gasteiger partial charge in [0.1, 0.15) is 5.82 Å². The second-order valence-corrected chi connectivity index (χ2v) is 9.49. The molecule has 0 bridgehead atoms. The summed E-state index contributed by atoms with van der Waals surface area (Å²) in [5, 5.41) is 0.198. The van der Waals surface area contributed by atoms with Crippen LogP contribution in [0.4, 0.5) is 4.39 Å². The minimum atomic E-state index is -0.324. The molecule has 0 nitrogen and oxygen atoms in total. The maximum absolute atomic E-state index is 13.5. The van der Waals surface area contributed by atoms with E-state index in [4.69, 9.17) is 11.6 Å². The van der Waals surface area contributed by atoms with Crippen LogP contribution in [-0.2, 0) is 12.8 Å². The summed E-state index contributed by atoms with van der Waals surface area (Å²) < 4.78 is 13.5. The van der Waals surface area contributed by atoms with Gasteiger partial charge in [-0.05, 0) is 60.4 Å². The van der Waals surface area contributed by atoms with Gasteiger partial charge in [-0.15, -0.1) is 0 Å². The molecule has 1 aliphatic carbocycles. The quantitative estimate of drug-likeness (QED) is 0.580. The summed E-state index contributed by atoms with van der Waals surface area (Å²) in [5.74, 6) is 0.441. The van der Waals surface area contributed by atoms with Crippen LogP contribution in [0.1, 0.15) is 48.3 Å². The first-order chi connectivity index (χ1) is 11.7. The van der Waals surface area contributed by atoms with Gasteiger partial charge in [-0.2, -0.15) is 0 Å². The normalized spacial score (nSPS) is 21.5. The monoisotopic (exact) mass is 360 g/mol. The zero-order valence-corrected chi connectivity index (χ0v) is 16.6. The third kappa shape index (κ3) is 4.49. The van der Waals surface area contributed by atoms with Crippen LogP contribution in [0.2, 0.25) is 17.1 Å². The molecule has 0 unspecified atom stereocenters. The molecule has 0 saturated heterocycles. The van der Waals surface area contributed by atoms with Crippen molar-refractivity contribution < 1.29 is 4.39 Å². The number of rotatable bonds is 5. The van der Waals surface area contributed by atoms with Crippen molar-refractivity contribution in [2.75, 3.05) is 0 Å². The first kappa shape index (κ1) is 17.7. The Bertz CT molecular complexity index is 660. The van der Waals surface area contributed by atoms with Gasteiger partial charge in [0.25, 0.3) is 0 Å². The molecule has 128 valence electrons. The minimum absolute atomic E-state index is 0.186. The number of hydrogen-bond acceptors (Lipinski definition) is 0. The van der Waals surface area contributed by atoms with Crippen LogP contribution < -0.4 is 0 Å². The third-order valence-electron chi connectivity index (χ3n) is 5.56. The summed E-state index contributed by atoms with van der Waals surface area (Å²) in [5.41, 5.74) is 4.92. The van der Waals surface area contributed by atoms with Crippen LogP contribution >= 0.6 is 11.6 Å². The Labute approximate surface area is 152 Å². The lowest BCUT2D eigenvalue weighted by atomic mass is 9.83. The van der Waals surface area contributed by atoms with Gasteiger partial charge >= 0.3 is 0 Å². The van der Waals surface area contributed by atoms with E-state index >= 15 is 0 Å². The van der Waals surface area contributed by atoms with Crippen molar-refractivity contribution in [1.29, 1.82) is 0 Å². The maximum Gasteiger partial charge on any atom is 0.142 e.